The Morgan fingerprint density at radius 1 is 1.28 bits per heavy atom. The summed E-state index contributed by atoms with van der Waals surface area (Å²) in [5, 5.41) is 3.27. The number of carbonyl (C=O) groups is 1. The van der Waals surface area contributed by atoms with Crippen LogP contribution in [0.1, 0.15) is 12.0 Å². The molecule has 0 saturated carbocycles. The number of hydrogen-bond donors (Lipinski definition) is 3. The van der Waals surface area contributed by atoms with Gasteiger partial charge in [0.15, 0.2) is 17.8 Å². The van der Waals surface area contributed by atoms with Crippen molar-refractivity contribution in [3.8, 4) is 0 Å². The van der Waals surface area contributed by atoms with Crippen molar-refractivity contribution in [3.63, 3.8) is 0 Å². The molecule has 2 aliphatic rings. The Balaban J connectivity index is 1.66. The van der Waals surface area contributed by atoms with Gasteiger partial charge in [0.2, 0.25) is 11.7 Å². The van der Waals surface area contributed by atoms with E-state index in [2.05, 4.69) is 9.73 Å². The number of nitrogens with two attached hydrogens (primary N) is 1. The minimum atomic E-state index is -5.23. The van der Waals surface area contributed by atoms with Crippen molar-refractivity contribution in [3.05, 3.63) is 35.4 Å². The Morgan fingerprint density at radius 3 is 2.56 bits per heavy atom. The molecule has 0 aliphatic carbocycles. The highest BCUT2D eigenvalue weighted by molar-refractivity contribution is 7.46. The molecule has 1 aromatic rings. The van der Waals surface area contributed by atoms with Crippen LogP contribution in [0.5, 0.6) is 0 Å². The fraction of sp³-hybridized carbons (Fsp3) is 0.500. The SMILES string of the molecule is N[C@@H](CC(=O)N1CCN2C(C(F)(F)F)=NN(OP(=O)(O)O)C2C1)Cc1ccc(F)c(F)c1. The van der Waals surface area contributed by atoms with Crippen LogP contribution >= 0.6 is 7.82 Å². The fourth-order valence-corrected chi connectivity index (χ4v) is 3.80. The number of amidine groups is 1. The molecular weight excluding hydrogens is 468 g/mol. The molecule has 0 bridgehead atoms. The van der Waals surface area contributed by atoms with Crippen LogP contribution in [0.15, 0.2) is 23.3 Å². The standard InChI is InChI=1S/C16H19F5N5O5P/c17-11-2-1-9(6-12(11)18)5-10(22)7-14(27)24-3-4-25-13(8-24)26(31-32(28,29)30)23-15(25)16(19,20)21/h1-2,6,10,13H,3-5,7-8,22H2,(H2,28,29,30)/t10-,13?/m1/s1. The molecule has 3 rings (SSSR count). The van der Waals surface area contributed by atoms with Crippen molar-refractivity contribution in [2.24, 2.45) is 10.8 Å². The summed E-state index contributed by atoms with van der Waals surface area (Å²) in [5.74, 6) is -4.05. The molecule has 0 spiro atoms. The van der Waals surface area contributed by atoms with Gasteiger partial charge in [0.25, 0.3) is 0 Å². The third-order valence-electron chi connectivity index (χ3n) is 4.79. The minimum absolute atomic E-state index is 0.0428. The maximum absolute atomic E-state index is 13.3. The number of hydroxylamine groups is 1. The number of piperazine rings is 1. The number of hydrazone groups is 1. The predicted octanol–water partition coefficient (Wildman–Crippen LogP) is 0.911. The highest BCUT2D eigenvalue weighted by atomic mass is 31.2. The van der Waals surface area contributed by atoms with Crippen LogP contribution in [0.3, 0.4) is 0 Å². The van der Waals surface area contributed by atoms with Crippen molar-refractivity contribution in [2.45, 2.75) is 31.2 Å². The predicted molar refractivity (Wildman–Crippen MR) is 98.2 cm³/mol. The second-order valence-electron chi connectivity index (χ2n) is 7.23. The van der Waals surface area contributed by atoms with Crippen molar-refractivity contribution in [2.75, 3.05) is 19.6 Å². The number of alkyl halides is 3. The molecule has 1 fully saturated rings. The summed E-state index contributed by atoms with van der Waals surface area (Å²) >= 11 is 0. The maximum atomic E-state index is 13.3. The highest BCUT2D eigenvalue weighted by Gasteiger charge is 2.52. The summed E-state index contributed by atoms with van der Waals surface area (Å²) in [4.78, 5) is 32.4. The first-order valence-corrected chi connectivity index (χ1v) is 10.7. The molecule has 4 N–H and O–H groups in total. The molecule has 16 heteroatoms. The number of carbonyl (C=O) groups excluding carboxylic acids is 1. The number of hydrogen-bond acceptors (Lipinski definition) is 7. The molecule has 1 aromatic carbocycles. The summed E-state index contributed by atoms with van der Waals surface area (Å²) in [6, 6.07) is 2.39. The van der Waals surface area contributed by atoms with Crippen LogP contribution < -0.4 is 5.73 Å². The monoisotopic (exact) mass is 487 g/mol. The maximum Gasteiger partial charge on any atom is 0.492 e. The zero-order chi connectivity index (χ0) is 23.8. The van der Waals surface area contributed by atoms with Gasteiger partial charge in [0.1, 0.15) is 0 Å². The average molecular weight is 487 g/mol. The van der Waals surface area contributed by atoms with Gasteiger partial charge in [-0.25, -0.2) is 13.3 Å². The van der Waals surface area contributed by atoms with Gasteiger partial charge < -0.3 is 25.3 Å². The summed E-state index contributed by atoms with van der Waals surface area (Å²) in [7, 11) is -5.23. The lowest BCUT2D eigenvalue weighted by atomic mass is 10.0. The number of nitrogens with zero attached hydrogens (tertiary/aromatic N) is 4. The lowest BCUT2D eigenvalue weighted by Crippen LogP contribution is -2.59. The van der Waals surface area contributed by atoms with Crippen LogP contribution in [0.2, 0.25) is 0 Å². The van der Waals surface area contributed by atoms with Crippen LogP contribution in [-0.4, -0.2) is 74.5 Å². The highest BCUT2D eigenvalue weighted by Crippen LogP contribution is 2.41. The van der Waals surface area contributed by atoms with Gasteiger partial charge in [0, 0.05) is 25.6 Å². The molecule has 0 radical (unpaired) electrons. The Hall–Kier alpha value is -2.32. The van der Waals surface area contributed by atoms with E-state index >= 15 is 0 Å². The third kappa shape index (κ3) is 5.72. The summed E-state index contributed by atoms with van der Waals surface area (Å²) in [6.45, 7) is -0.861. The lowest BCUT2D eigenvalue weighted by Gasteiger charge is -2.40. The quantitative estimate of drug-likeness (QED) is 0.399. The van der Waals surface area contributed by atoms with Crippen molar-refractivity contribution in [1.82, 2.24) is 15.0 Å². The van der Waals surface area contributed by atoms with E-state index in [0.29, 0.717) is 5.56 Å². The van der Waals surface area contributed by atoms with Crippen molar-refractivity contribution >= 4 is 19.6 Å². The van der Waals surface area contributed by atoms with E-state index in [1.165, 1.54) is 6.07 Å². The van der Waals surface area contributed by atoms with E-state index in [9.17, 15) is 31.3 Å². The van der Waals surface area contributed by atoms with E-state index in [0.717, 1.165) is 21.9 Å². The summed E-state index contributed by atoms with van der Waals surface area (Å²) < 4.78 is 81.4. The first kappa shape index (κ1) is 24.3. The molecule has 1 saturated heterocycles. The van der Waals surface area contributed by atoms with Crippen molar-refractivity contribution < 1.29 is 45.7 Å². The molecule has 1 amide bonds. The number of amides is 1. The topological polar surface area (TPSA) is 132 Å². The average Bonchev–Trinajstić information content (AvgIpc) is 3.01. The molecule has 1 unspecified atom stereocenters. The molecule has 2 atom stereocenters. The first-order valence-electron chi connectivity index (χ1n) is 9.19. The number of rotatable bonds is 6. The zero-order valence-corrected chi connectivity index (χ0v) is 17.1. The fourth-order valence-electron chi connectivity index (χ4n) is 3.44. The molecule has 0 aromatic heterocycles. The minimum Gasteiger partial charge on any atom is -0.337 e. The largest absolute Gasteiger partial charge is 0.492 e. The van der Waals surface area contributed by atoms with Crippen LogP contribution in [0, 0.1) is 11.6 Å². The van der Waals surface area contributed by atoms with E-state index in [1.54, 1.807) is 0 Å². The van der Waals surface area contributed by atoms with E-state index in [-0.39, 0.29) is 31.1 Å². The van der Waals surface area contributed by atoms with Gasteiger partial charge in [-0.1, -0.05) is 6.07 Å². The molecule has 2 aliphatic heterocycles. The Morgan fingerprint density at radius 2 is 1.97 bits per heavy atom. The molecule has 178 valence electrons. The second-order valence-corrected chi connectivity index (χ2v) is 8.37. The molecule has 10 nitrogen and oxygen atoms in total. The van der Waals surface area contributed by atoms with Gasteiger partial charge in [-0.05, 0) is 24.1 Å². The number of halogens is 5. The molecule has 2 heterocycles. The van der Waals surface area contributed by atoms with Gasteiger partial charge in [-0.15, -0.1) is 14.9 Å². The van der Waals surface area contributed by atoms with Gasteiger partial charge >= 0.3 is 14.0 Å². The normalized spacial score (nSPS) is 20.3. The van der Waals surface area contributed by atoms with Crippen molar-refractivity contribution in [1.29, 1.82) is 0 Å². The molecular formula is C16H19F5N5O5P. The lowest BCUT2D eigenvalue weighted by molar-refractivity contribution is -0.156. The zero-order valence-electron chi connectivity index (χ0n) is 16.2. The Kier molecular flexibility index (Phi) is 6.77. The number of phosphoric acid groups is 1. The van der Waals surface area contributed by atoms with E-state index in [4.69, 9.17) is 15.5 Å². The number of fused-ring (bicyclic) bond motifs is 1. The van der Waals surface area contributed by atoms with Gasteiger partial charge in [-0.2, -0.15) is 13.2 Å². The number of benzene rings is 1. The Labute approximate surface area is 178 Å². The van der Waals surface area contributed by atoms with Crippen LogP contribution in [0.4, 0.5) is 22.0 Å². The van der Waals surface area contributed by atoms with E-state index in [1.807, 2.05) is 0 Å². The van der Waals surface area contributed by atoms with Gasteiger partial charge in [-0.3, -0.25) is 4.79 Å². The van der Waals surface area contributed by atoms with E-state index < -0.39 is 56.1 Å². The summed E-state index contributed by atoms with van der Waals surface area (Å²) in [6.07, 6.45) is -6.54. The molecule has 32 heavy (non-hydrogen) atoms. The smallest absolute Gasteiger partial charge is 0.337 e. The van der Waals surface area contributed by atoms with Gasteiger partial charge in [0.05, 0.1) is 6.54 Å². The summed E-state index contributed by atoms with van der Waals surface area (Å²) in [5.41, 5.74) is 6.27. The third-order valence-corrected chi connectivity index (χ3v) is 5.17. The van der Waals surface area contributed by atoms with Crippen LogP contribution in [0.25, 0.3) is 0 Å². The Bertz CT molecular complexity index is 958. The van der Waals surface area contributed by atoms with Crippen LogP contribution in [-0.2, 0) is 20.4 Å². The second kappa shape index (κ2) is 8.90. The first-order chi connectivity index (χ1) is 14.7.